The zero-order valence-corrected chi connectivity index (χ0v) is 16.5. The van der Waals surface area contributed by atoms with Gasteiger partial charge in [0.15, 0.2) is 5.82 Å². The summed E-state index contributed by atoms with van der Waals surface area (Å²) in [4.78, 5) is 0.322. The highest BCUT2D eigenvalue weighted by atomic mass is 79.9. The summed E-state index contributed by atoms with van der Waals surface area (Å²) in [6.45, 7) is 2.94. The van der Waals surface area contributed by atoms with Crippen molar-refractivity contribution in [1.82, 2.24) is 19.1 Å². The summed E-state index contributed by atoms with van der Waals surface area (Å²) in [5.41, 5.74) is 1.70. The van der Waals surface area contributed by atoms with Crippen molar-refractivity contribution in [2.75, 3.05) is 6.54 Å². The van der Waals surface area contributed by atoms with E-state index in [-0.39, 0.29) is 6.54 Å². The molecule has 6 nitrogen and oxygen atoms in total. The lowest BCUT2D eigenvalue weighted by Crippen LogP contribution is -2.38. The number of aromatic nitrogens is 3. The predicted molar refractivity (Wildman–Crippen MR) is 102 cm³/mol. The normalized spacial score (nSPS) is 15.0. The van der Waals surface area contributed by atoms with Crippen LogP contribution in [-0.4, -0.2) is 34.0 Å². The average molecular weight is 433 g/mol. The van der Waals surface area contributed by atoms with Crippen molar-refractivity contribution in [1.29, 1.82) is 0 Å². The van der Waals surface area contributed by atoms with Gasteiger partial charge >= 0.3 is 0 Å². The van der Waals surface area contributed by atoms with Gasteiger partial charge in [-0.05, 0) is 24.6 Å². The standard InChI is InChI=1S/C18H17BrN4O2S/c1-13-7-8-15(19)11-16(13)26(24,25)22-9-10-23-17(12-22)20-21-18(23)14-5-3-2-4-6-14/h2-8,11H,9-10,12H2,1H3. The maximum Gasteiger partial charge on any atom is 0.243 e. The lowest BCUT2D eigenvalue weighted by molar-refractivity contribution is 0.336. The van der Waals surface area contributed by atoms with Gasteiger partial charge in [0.2, 0.25) is 10.0 Å². The summed E-state index contributed by atoms with van der Waals surface area (Å²) in [6.07, 6.45) is 0. The fourth-order valence-electron chi connectivity index (χ4n) is 3.13. The van der Waals surface area contributed by atoms with Gasteiger partial charge in [-0.3, -0.25) is 0 Å². The van der Waals surface area contributed by atoms with Crippen molar-refractivity contribution >= 4 is 26.0 Å². The molecule has 0 N–H and O–H groups in total. The monoisotopic (exact) mass is 432 g/mol. The van der Waals surface area contributed by atoms with Crippen molar-refractivity contribution in [3.63, 3.8) is 0 Å². The summed E-state index contributed by atoms with van der Waals surface area (Å²) in [5, 5.41) is 8.50. The number of sulfonamides is 1. The molecule has 26 heavy (non-hydrogen) atoms. The van der Waals surface area contributed by atoms with E-state index >= 15 is 0 Å². The second-order valence-corrected chi connectivity index (χ2v) is 9.03. The van der Waals surface area contributed by atoms with Gasteiger partial charge in [-0.15, -0.1) is 10.2 Å². The van der Waals surface area contributed by atoms with Gasteiger partial charge in [0.25, 0.3) is 0 Å². The Morgan fingerprint density at radius 3 is 2.58 bits per heavy atom. The molecule has 0 atom stereocenters. The first-order valence-electron chi connectivity index (χ1n) is 8.20. The predicted octanol–water partition coefficient (Wildman–Crippen LogP) is 3.22. The Kier molecular flexibility index (Phi) is 4.42. The summed E-state index contributed by atoms with van der Waals surface area (Å²) >= 11 is 3.36. The van der Waals surface area contributed by atoms with E-state index in [0.717, 1.165) is 21.4 Å². The first-order valence-corrected chi connectivity index (χ1v) is 10.4. The van der Waals surface area contributed by atoms with Crippen LogP contribution in [-0.2, 0) is 23.1 Å². The van der Waals surface area contributed by atoms with Crippen LogP contribution in [0.5, 0.6) is 0 Å². The lowest BCUT2D eigenvalue weighted by Gasteiger charge is -2.27. The average Bonchev–Trinajstić information content (AvgIpc) is 3.07. The molecule has 8 heteroatoms. The molecule has 134 valence electrons. The van der Waals surface area contributed by atoms with Crippen molar-refractivity contribution in [2.24, 2.45) is 0 Å². The molecule has 0 spiro atoms. The Bertz CT molecular complexity index is 1060. The first kappa shape index (κ1) is 17.4. The largest absolute Gasteiger partial charge is 0.309 e. The van der Waals surface area contributed by atoms with E-state index in [2.05, 4.69) is 26.1 Å². The van der Waals surface area contributed by atoms with E-state index < -0.39 is 10.0 Å². The number of hydrogen-bond donors (Lipinski definition) is 0. The SMILES string of the molecule is Cc1ccc(Br)cc1S(=O)(=O)N1CCn2c(nnc2-c2ccccc2)C1. The van der Waals surface area contributed by atoms with Crippen molar-refractivity contribution in [3.05, 3.63) is 64.4 Å². The molecule has 0 radical (unpaired) electrons. The van der Waals surface area contributed by atoms with Crippen LogP contribution in [0.25, 0.3) is 11.4 Å². The molecule has 3 aromatic rings. The van der Waals surface area contributed by atoms with E-state index in [0.29, 0.717) is 23.8 Å². The molecular weight excluding hydrogens is 416 g/mol. The quantitative estimate of drug-likeness (QED) is 0.636. The Morgan fingerprint density at radius 1 is 1.04 bits per heavy atom. The van der Waals surface area contributed by atoms with Gasteiger partial charge in [-0.2, -0.15) is 4.31 Å². The van der Waals surface area contributed by atoms with E-state index in [4.69, 9.17) is 0 Å². The van der Waals surface area contributed by atoms with Crippen molar-refractivity contribution in [3.8, 4) is 11.4 Å². The fraction of sp³-hybridized carbons (Fsp3) is 0.222. The highest BCUT2D eigenvalue weighted by Gasteiger charge is 2.31. The minimum atomic E-state index is -3.59. The highest BCUT2D eigenvalue weighted by Crippen LogP contribution is 2.28. The molecule has 2 aromatic carbocycles. The molecular formula is C18H17BrN4O2S. The van der Waals surface area contributed by atoms with E-state index in [9.17, 15) is 8.42 Å². The van der Waals surface area contributed by atoms with Gasteiger partial charge in [-0.1, -0.05) is 52.3 Å². The zero-order chi connectivity index (χ0) is 18.3. The molecule has 1 aliphatic rings. The smallest absolute Gasteiger partial charge is 0.243 e. The van der Waals surface area contributed by atoms with Crippen molar-refractivity contribution < 1.29 is 8.42 Å². The van der Waals surface area contributed by atoms with Crippen LogP contribution in [0.15, 0.2) is 57.9 Å². The van der Waals surface area contributed by atoms with Crippen LogP contribution in [0.3, 0.4) is 0 Å². The molecule has 0 bridgehead atoms. The lowest BCUT2D eigenvalue weighted by atomic mass is 10.2. The van der Waals surface area contributed by atoms with Gasteiger partial charge < -0.3 is 4.57 Å². The summed E-state index contributed by atoms with van der Waals surface area (Å²) in [6, 6.07) is 15.1. The zero-order valence-electron chi connectivity index (χ0n) is 14.1. The molecule has 0 saturated heterocycles. The molecule has 0 fully saturated rings. The Balaban J connectivity index is 1.67. The van der Waals surface area contributed by atoms with Crippen molar-refractivity contribution in [2.45, 2.75) is 24.9 Å². The number of aryl methyl sites for hydroxylation is 1. The summed E-state index contributed by atoms with van der Waals surface area (Å²) in [7, 11) is -3.59. The Morgan fingerprint density at radius 2 is 1.81 bits per heavy atom. The third-order valence-electron chi connectivity index (χ3n) is 4.52. The second kappa shape index (κ2) is 6.61. The van der Waals surface area contributed by atoms with Gasteiger partial charge in [0.05, 0.1) is 11.4 Å². The number of fused-ring (bicyclic) bond motifs is 1. The van der Waals surface area contributed by atoms with Crippen LogP contribution < -0.4 is 0 Å². The molecule has 4 rings (SSSR count). The Hall–Kier alpha value is -2.03. The topological polar surface area (TPSA) is 68.1 Å². The molecule has 0 aliphatic carbocycles. The van der Waals surface area contributed by atoms with Gasteiger partial charge in [0, 0.05) is 23.1 Å². The van der Waals surface area contributed by atoms with Crippen LogP contribution in [0.4, 0.5) is 0 Å². The molecule has 0 saturated carbocycles. The highest BCUT2D eigenvalue weighted by molar-refractivity contribution is 9.10. The number of hydrogen-bond acceptors (Lipinski definition) is 4. The summed E-state index contributed by atoms with van der Waals surface area (Å²) in [5.74, 6) is 1.43. The van der Waals surface area contributed by atoms with E-state index in [1.165, 1.54) is 4.31 Å². The third-order valence-corrected chi connectivity index (χ3v) is 7.00. The molecule has 0 amide bonds. The maximum atomic E-state index is 13.1. The number of halogens is 1. The fourth-order valence-corrected chi connectivity index (χ4v) is 5.28. The van der Waals surface area contributed by atoms with Crippen LogP contribution in [0, 0.1) is 6.92 Å². The summed E-state index contributed by atoms with van der Waals surface area (Å²) < 4.78 is 30.4. The number of rotatable bonds is 3. The number of nitrogens with zero attached hydrogens (tertiary/aromatic N) is 4. The minimum absolute atomic E-state index is 0.216. The third kappa shape index (κ3) is 2.98. The van der Waals surface area contributed by atoms with Crippen LogP contribution in [0.2, 0.25) is 0 Å². The number of benzene rings is 2. The molecule has 1 aromatic heterocycles. The molecule has 1 aliphatic heterocycles. The molecule has 0 unspecified atom stereocenters. The maximum absolute atomic E-state index is 13.1. The first-order chi connectivity index (χ1) is 12.5. The van der Waals surface area contributed by atoms with Gasteiger partial charge in [-0.25, -0.2) is 8.42 Å². The van der Waals surface area contributed by atoms with Crippen LogP contribution in [0.1, 0.15) is 11.4 Å². The van der Waals surface area contributed by atoms with E-state index in [1.807, 2.05) is 41.0 Å². The van der Waals surface area contributed by atoms with E-state index in [1.54, 1.807) is 19.1 Å². The Labute approximate surface area is 160 Å². The molecule has 2 heterocycles. The second-order valence-electron chi connectivity index (χ2n) is 6.21. The van der Waals surface area contributed by atoms with Crippen LogP contribution >= 0.6 is 15.9 Å². The minimum Gasteiger partial charge on any atom is -0.309 e. The van der Waals surface area contributed by atoms with Gasteiger partial charge in [0.1, 0.15) is 5.82 Å².